The Morgan fingerprint density at radius 1 is 1.18 bits per heavy atom. The van der Waals surface area contributed by atoms with E-state index in [4.69, 9.17) is 14.5 Å². The van der Waals surface area contributed by atoms with E-state index >= 15 is 0 Å². The Kier molecular flexibility index (Phi) is 6.05. The summed E-state index contributed by atoms with van der Waals surface area (Å²) in [6.07, 6.45) is 2.23. The van der Waals surface area contributed by atoms with Crippen molar-refractivity contribution in [1.29, 1.82) is 0 Å². The van der Waals surface area contributed by atoms with E-state index < -0.39 is 0 Å². The third-order valence-corrected chi connectivity index (χ3v) is 7.44. The molecule has 9 heteroatoms. The fraction of sp³-hybridized carbons (Fsp3) is 0.360. The van der Waals surface area contributed by atoms with E-state index in [0.29, 0.717) is 35.3 Å². The van der Waals surface area contributed by atoms with Gasteiger partial charge in [0, 0.05) is 25.0 Å². The quantitative estimate of drug-likeness (QED) is 0.495. The van der Waals surface area contributed by atoms with Gasteiger partial charge in [-0.2, -0.15) is 0 Å². The van der Waals surface area contributed by atoms with Crippen LogP contribution in [-0.4, -0.2) is 49.1 Å². The number of hydrogen-bond donors (Lipinski definition) is 0. The van der Waals surface area contributed by atoms with Gasteiger partial charge in [0.2, 0.25) is 11.8 Å². The molecule has 0 bridgehead atoms. The van der Waals surface area contributed by atoms with Gasteiger partial charge in [0.05, 0.1) is 30.1 Å². The van der Waals surface area contributed by atoms with E-state index in [1.54, 1.807) is 36.3 Å². The zero-order valence-corrected chi connectivity index (χ0v) is 19.9. The largest absolute Gasteiger partial charge is 0.494 e. The predicted octanol–water partition coefficient (Wildman–Crippen LogP) is 4.09. The van der Waals surface area contributed by atoms with Crippen molar-refractivity contribution in [3.8, 4) is 5.75 Å². The predicted molar refractivity (Wildman–Crippen MR) is 130 cm³/mol. The number of amides is 3. The van der Waals surface area contributed by atoms with Crippen LogP contribution in [-0.2, 0) is 14.3 Å². The number of methoxy groups -OCH3 is 1. The third kappa shape index (κ3) is 4.05. The lowest BCUT2D eigenvalue weighted by atomic mass is 10.1. The summed E-state index contributed by atoms with van der Waals surface area (Å²) in [6.45, 7) is 3.09. The molecule has 3 heterocycles. The van der Waals surface area contributed by atoms with Crippen LogP contribution in [0.2, 0.25) is 0 Å². The second kappa shape index (κ2) is 9.15. The molecule has 5 rings (SSSR count). The minimum atomic E-state index is -0.220. The Morgan fingerprint density at radius 3 is 2.56 bits per heavy atom. The molecule has 0 radical (unpaired) electrons. The molecule has 8 nitrogen and oxygen atoms in total. The average molecular weight is 480 g/mol. The zero-order chi connectivity index (χ0) is 23.8. The second-order valence-corrected chi connectivity index (χ2v) is 9.46. The minimum absolute atomic E-state index is 0.0573. The fourth-order valence-electron chi connectivity index (χ4n) is 4.39. The molecule has 1 unspecified atom stereocenters. The number of hydrogen-bond acceptors (Lipinski definition) is 7. The maximum atomic E-state index is 13.7. The molecular weight excluding hydrogens is 454 g/mol. The lowest BCUT2D eigenvalue weighted by Gasteiger charge is -2.23. The highest BCUT2D eigenvalue weighted by molar-refractivity contribution is 7.22. The molecule has 2 aliphatic rings. The molecule has 0 spiro atoms. The number of imide groups is 1. The normalized spacial score (nSPS) is 18.2. The first-order valence-corrected chi connectivity index (χ1v) is 12.1. The highest BCUT2D eigenvalue weighted by atomic mass is 32.1. The van der Waals surface area contributed by atoms with Gasteiger partial charge < -0.3 is 9.47 Å². The smallest absolute Gasteiger partial charge is 0.260 e. The first-order chi connectivity index (χ1) is 16.5. The summed E-state index contributed by atoms with van der Waals surface area (Å²) < 4.78 is 12.3. The minimum Gasteiger partial charge on any atom is -0.494 e. The third-order valence-electron chi connectivity index (χ3n) is 6.22. The first-order valence-electron chi connectivity index (χ1n) is 11.3. The summed E-state index contributed by atoms with van der Waals surface area (Å²) in [5.41, 5.74) is 2.72. The summed E-state index contributed by atoms with van der Waals surface area (Å²) >= 11 is 1.45. The Labute approximate surface area is 201 Å². The number of thiazole rings is 1. The molecule has 176 valence electrons. The molecule has 2 fully saturated rings. The number of ether oxygens (including phenoxy) is 2. The lowest BCUT2D eigenvalue weighted by molar-refractivity contribution is -0.121. The van der Waals surface area contributed by atoms with Crippen LogP contribution in [0.3, 0.4) is 0 Å². The number of aryl methyl sites for hydroxylation is 1. The molecule has 1 atom stereocenters. The second-order valence-electron chi connectivity index (χ2n) is 8.48. The molecule has 34 heavy (non-hydrogen) atoms. The topological polar surface area (TPSA) is 89.0 Å². The number of rotatable bonds is 6. The number of carbonyl (C=O) groups is 3. The molecule has 0 saturated carbocycles. The van der Waals surface area contributed by atoms with Gasteiger partial charge in [-0.15, -0.1) is 0 Å². The number of carbonyl (C=O) groups excluding carboxylic acids is 3. The van der Waals surface area contributed by atoms with Crippen molar-refractivity contribution in [2.75, 3.05) is 30.1 Å². The summed E-state index contributed by atoms with van der Waals surface area (Å²) in [4.78, 5) is 45.4. The number of fused-ring (bicyclic) bond motifs is 1. The van der Waals surface area contributed by atoms with Crippen molar-refractivity contribution in [2.45, 2.75) is 38.7 Å². The van der Waals surface area contributed by atoms with Crippen molar-refractivity contribution in [2.24, 2.45) is 0 Å². The van der Waals surface area contributed by atoms with Crippen molar-refractivity contribution < 1.29 is 23.9 Å². The number of aromatic nitrogens is 1. The van der Waals surface area contributed by atoms with Crippen LogP contribution in [0.4, 0.5) is 10.8 Å². The van der Waals surface area contributed by atoms with Crippen LogP contribution in [0.25, 0.3) is 10.2 Å². The van der Waals surface area contributed by atoms with Crippen LogP contribution in [0.5, 0.6) is 5.75 Å². The molecule has 2 aromatic carbocycles. The van der Waals surface area contributed by atoms with Crippen molar-refractivity contribution in [3.05, 3.63) is 47.5 Å². The van der Waals surface area contributed by atoms with Crippen molar-refractivity contribution >= 4 is 50.1 Å². The molecule has 0 aliphatic carbocycles. The van der Waals surface area contributed by atoms with Gasteiger partial charge >= 0.3 is 0 Å². The number of anilines is 2. The molecule has 2 saturated heterocycles. The average Bonchev–Trinajstić information content (AvgIpc) is 3.58. The van der Waals surface area contributed by atoms with Gasteiger partial charge in [0.25, 0.3) is 5.91 Å². The van der Waals surface area contributed by atoms with Gasteiger partial charge in [-0.3, -0.25) is 24.2 Å². The maximum Gasteiger partial charge on any atom is 0.260 e. The van der Waals surface area contributed by atoms with Crippen molar-refractivity contribution in [3.63, 3.8) is 0 Å². The zero-order valence-electron chi connectivity index (χ0n) is 19.1. The van der Waals surface area contributed by atoms with Gasteiger partial charge in [0.1, 0.15) is 11.3 Å². The SMILES string of the molecule is COc1ccc(C)c2sc(N(CC3CCCO3)C(=O)c3ccc(N4C(=O)CCC4=O)cc3)nc12. The Hall–Kier alpha value is -3.30. The summed E-state index contributed by atoms with van der Waals surface area (Å²) in [7, 11) is 1.61. The van der Waals surface area contributed by atoms with Crippen LogP contribution in [0, 0.1) is 6.92 Å². The molecule has 0 N–H and O–H groups in total. The number of benzene rings is 2. The molecule has 3 amide bonds. The van der Waals surface area contributed by atoms with Crippen LogP contribution >= 0.6 is 11.3 Å². The van der Waals surface area contributed by atoms with Gasteiger partial charge in [-0.05, 0) is 55.7 Å². The van der Waals surface area contributed by atoms with Gasteiger partial charge in [-0.25, -0.2) is 4.98 Å². The van der Waals surface area contributed by atoms with E-state index in [-0.39, 0.29) is 36.7 Å². The highest BCUT2D eigenvalue weighted by Crippen LogP contribution is 2.37. The van der Waals surface area contributed by atoms with Crippen LogP contribution in [0.1, 0.15) is 41.6 Å². The molecule has 2 aliphatic heterocycles. The Morgan fingerprint density at radius 2 is 1.91 bits per heavy atom. The monoisotopic (exact) mass is 479 g/mol. The summed E-state index contributed by atoms with van der Waals surface area (Å²) in [5.74, 6) is 0.0134. The first kappa shape index (κ1) is 22.5. The summed E-state index contributed by atoms with van der Waals surface area (Å²) in [5, 5.41) is 0.581. The Balaban J connectivity index is 1.49. The van der Waals surface area contributed by atoms with E-state index in [1.807, 2.05) is 19.1 Å². The van der Waals surface area contributed by atoms with E-state index in [1.165, 1.54) is 16.2 Å². The van der Waals surface area contributed by atoms with E-state index in [2.05, 4.69) is 0 Å². The van der Waals surface area contributed by atoms with E-state index in [0.717, 1.165) is 28.6 Å². The maximum absolute atomic E-state index is 13.7. The summed E-state index contributed by atoms with van der Waals surface area (Å²) in [6, 6.07) is 10.5. The van der Waals surface area contributed by atoms with E-state index in [9.17, 15) is 14.4 Å². The Bertz CT molecular complexity index is 1250. The van der Waals surface area contributed by atoms with Crippen LogP contribution < -0.4 is 14.5 Å². The molecule has 3 aromatic rings. The molecular formula is C25H25N3O5S. The molecule has 1 aromatic heterocycles. The van der Waals surface area contributed by atoms with Crippen LogP contribution in [0.15, 0.2) is 36.4 Å². The fourth-order valence-corrected chi connectivity index (χ4v) is 5.45. The van der Waals surface area contributed by atoms with Crippen molar-refractivity contribution in [1.82, 2.24) is 4.98 Å². The number of nitrogens with zero attached hydrogens (tertiary/aromatic N) is 3. The lowest BCUT2D eigenvalue weighted by Crippen LogP contribution is -2.37. The standard InChI is InChI=1S/C25H25N3O5S/c1-15-5-10-19(32-2)22-23(15)34-25(26-22)27(14-18-4-3-13-33-18)24(31)16-6-8-17(9-7-16)28-20(29)11-12-21(28)30/h5-10,18H,3-4,11-14H2,1-2H3. The highest BCUT2D eigenvalue weighted by Gasteiger charge is 2.31. The van der Waals surface area contributed by atoms with Gasteiger partial charge in [-0.1, -0.05) is 17.4 Å². The van der Waals surface area contributed by atoms with Gasteiger partial charge in [0.15, 0.2) is 5.13 Å².